The zero-order valence-electron chi connectivity index (χ0n) is 36.0. The molecule has 17 heteroatoms. The maximum atomic E-state index is 12.3. The predicted molar refractivity (Wildman–Crippen MR) is 224 cm³/mol. The van der Waals surface area contributed by atoms with Gasteiger partial charge in [0, 0.05) is 52.0 Å². The minimum Gasteiger partial charge on any atom is -0.395 e. The fourth-order valence-electron chi connectivity index (χ4n) is 5.94. The van der Waals surface area contributed by atoms with Gasteiger partial charge in [-0.05, 0) is 26.2 Å². The van der Waals surface area contributed by atoms with Crippen LogP contribution >= 0.6 is 0 Å². The molecule has 4 amide bonds. The summed E-state index contributed by atoms with van der Waals surface area (Å²) in [5, 5.41) is 19.8. The van der Waals surface area contributed by atoms with E-state index in [2.05, 4.69) is 21.3 Å². The minimum absolute atomic E-state index is 0.0177. The summed E-state index contributed by atoms with van der Waals surface area (Å²) in [6.07, 6.45) is 19.4. The predicted octanol–water partition coefficient (Wildman–Crippen LogP) is 2.19. The van der Waals surface area contributed by atoms with Gasteiger partial charge in [-0.2, -0.15) is 0 Å². The fourth-order valence-corrected chi connectivity index (χ4v) is 5.94. The van der Waals surface area contributed by atoms with Crippen LogP contribution in [-0.4, -0.2) is 157 Å². The number of amides is 4. The van der Waals surface area contributed by atoms with Gasteiger partial charge in [0.15, 0.2) is 0 Å². The SMILES string of the molecule is CC(=O)CN(CCO)CCNC(=O)COCCOCCNC(=O)COCCOCCNC(=O)CCC(C=O)NC(=O)CCCCCCCCCCCCCCCCC=O. The first-order chi connectivity index (χ1) is 28.7. The molecular weight excluding hydrogens is 766 g/mol. The number of ether oxygens (including phenoxy) is 4. The fraction of sp³-hybridized carbons (Fsp3) is 0.833. The largest absolute Gasteiger partial charge is 0.395 e. The number of rotatable bonds is 45. The standard InChI is InChI=1S/C42H77N5O12/c1-37(51)33-47(24-26-49)23-20-43-41(54)35-58-31-30-57-28-22-45-42(55)36-59-32-29-56-27-21-44-39(52)19-18-38(34-50)46-40(53)17-15-13-11-9-7-5-3-2-4-6-8-10-12-14-16-25-48/h25,34,38,49H,2-24,26-33,35-36H2,1H3,(H,43,54)(H,44,52)(H,45,55)(H,46,53). The van der Waals surface area contributed by atoms with Crippen molar-refractivity contribution in [2.45, 2.75) is 129 Å². The second-order valence-electron chi connectivity index (χ2n) is 14.6. The highest BCUT2D eigenvalue weighted by Gasteiger charge is 2.13. The number of nitrogens with zero attached hydrogens (tertiary/aromatic N) is 1. The third kappa shape index (κ3) is 41.2. The van der Waals surface area contributed by atoms with Crippen LogP contribution in [0.15, 0.2) is 0 Å². The molecule has 0 rings (SSSR count). The van der Waals surface area contributed by atoms with Gasteiger partial charge in [0.2, 0.25) is 23.6 Å². The molecule has 342 valence electrons. The summed E-state index contributed by atoms with van der Waals surface area (Å²) in [5.74, 6) is -1.04. The number of aliphatic hydroxyl groups excluding tert-OH is 1. The Balaban J connectivity index is 3.60. The van der Waals surface area contributed by atoms with E-state index in [4.69, 9.17) is 24.1 Å². The van der Waals surface area contributed by atoms with Crippen molar-refractivity contribution in [1.29, 1.82) is 0 Å². The van der Waals surface area contributed by atoms with Crippen LogP contribution in [0.5, 0.6) is 0 Å². The molecular formula is C42H77N5O12. The second-order valence-corrected chi connectivity index (χ2v) is 14.6. The van der Waals surface area contributed by atoms with Gasteiger partial charge in [0.25, 0.3) is 0 Å². The van der Waals surface area contributed by atoms with Crippen LogP contribution < -0.4 is 21.3 Å². The van der Waals surface area contributed by atoms with Gasteiger partial charge in [-0.15, -0.1) is 0 Å². The van der Waals surface area contributed by atoms with Crippen LogP contribution in [0.2, 0.25) is 0 Å². The van der Waals surface area contributed by atoms with Gasteiger partial charge >= 0.3 is 0 Å². The summed E-state index contributed by atoms with van der Waals surface area (Å²) in [6, 6.07) is -0.700. The lowest BCUT2D eigenvalue weighted by Gasteiger charge is -2.19. The van der Waals surface area contributed by atoms with Gasteiger partial charge in [-0.1, -0.05) is 77.0 Å². The van der Waals surface area contributed by atoms with E-state index in [1.165, 1.54) is 64.7 Å². The monoisotopic (exact) mass is 844 g/mol. The van der Waals surface area contributed by atoms with E-state index in [-0.39, 0.29) is 121 Å². The van der Waals surface area contributed by atoms with E-state index < -0.39 is 6.04 Å². The van der Waals surface area contributed by atoms with E-state index in [9.17, 15) is 33.6 Å². The van der Waals surface area contributed by atoms with Crippen molar-refractivity contribution in [1.82, 2.24) is 26.2 Å². The first kappa shape index (κ1) is 55.7. The third-order valence-corrected chi connectivity index (χ3v) is 9.13. The number of ketones is 1. The van der Waals surface area contributed by atoms with E-state index in [0.29, 0.717) is 38.8 Å². The number of hydrogen-bond acceptors (Lipinski definition) is 13. The first-order valence-corrected chi connectivity index (χ1v) is 21.8. The summed E-state index contributed by atoms with van der Waals surface area (Å²) < 4.78 is 21.3. The highest BCUT2D eigenvalue weighted by Crippen LogP contribution is 2.13. The molecule has 17 nitrogen and oxygen atoms in total. The number of nitrogens with one attached hydrogen (secondary N) is 4. The molecule has 1 unspecified atom stereocenters. The molecule has 0 aromatic heterocycles. The smallest absolute Gasteiger partial charge is 0.246 e. The van der Waals surface area contributed by atoms with Gasteiger partial charge in [0.1, 0.15) is 31.6 Å². The molecule has 0 aromatic rings. The minimum atomic E-state index is -0.700. The number of carbonyl (C=O) groups is 7. The first-order valence-electron chi connectivity index (χ1n) is 21.8. The summed E-state index contributed by atoms with van der Waals surface area (Å²) in [4.78, 5) is 83.0. The molecule has 0 saturated carbocycles. The molecule has 0 aliphatic heterocycles. The number of aliphatic hydroxyl groups is 1. The number of unbranched alkanes of at least 4 members (excludes halogenated alkanes) is 14. The van der Waals surface area contributed by atoms with Crippen molar-refractivity contribution in [3.63, 3.8) is 0 Å². The normalized spacial score (nSPS) is 11.6. The average Bonchev–Trinajstić information content (AvgIpc) is 3.21. The molecule has 59 heavy (non-hydrogen) atoms. The Bertz CT molecular complexity index is 1100. The quantitative estimate of drug-likeness (QED) is 0.0438. The zero-order chi connectivity index (χ0) is 43.4. The van der Waals surface area contributed by atoms with Crippen molar-refractivity contribution in [2.24, 2.45) is 0 Å². The van der Waals surface area contributed by atoms with Gasteiger partial charge in [0.05, 0.1) is 58.8 Å². The Labute approximate surface area is 352 Å². The van der Waals surface area contributed by atoms with E-state index in [1.807, 2.05) is 0 Å². The van der Waals surface area contributed by atoms with Gasteiger partial charge in [-0.3, -0.25) is 28.9 Å². The molecule has 0 aromatic carbocycles. The molecule has 0 spiro atoms. The molecule has 0 heterocycles. The lowest BCUT2D eigenvalue weighted by atomic mass is 10.0. The van der Waals surface area contributed by atoms with Gasteiger partial charge < -0.3 is 54.9 Å². The van der Waals surface area contributed by atoms with E-state index >= 15 is 0 Å². The van der Waals surface area contributed by atoms with Gasteiger partial charge in [-0.25, -0.2) is 0 Å². The molecule has 0 bridgehead atoms. The number of aldehydes is 2. The Kier molecular flexibility index (Phi) is 40.3. The Morgan fingerprint density at radius 2 is 1.03 bits per heavy atom. The van der Waals surface area contributed by atoms with Crippen LogP contribution in [0.25, 0.3) is 0 Å². The van der Waals surface area contributed by atoms with Crippen LogP contribution in [0.1, 0.15) is 122 Å². The lowest BCUT2D eigenvalue weighted by molar-refractivity contribution is -0.127. The van der Waals surface area contributed by atoms with Crippen LogP contribution in [0.4, 0.5) is 0 Å². The summed E-state index contributed by atoms with van der Waals surface area (Å²) in [5.41, 5.74) is 0. The van der Waals surface area contributed by atoms with Crippen molar-refractivity contribution in [3.05, 3.63) is 0 Å². The molecule has 0 radical (unpaired) electrons. The van der Waals surface area contributed by atoms with Crippen LogP contribution in [0.3, 0.4) is 0 Å². The van der Waals surface area contributed by atoms with Crippen molar-refractivity contribution >= 4 is 42.0 Å². The Morgan fingerprint density at radius 3 is 1.53 bits per heavy atom. The molecule has 0 aliphatic rings. The lowest BCUT2D eigenvalue weighted by Crippen LogP contribution is -2.39. The number of carbonyl (C=O) groups excluding carboxylic acids is 7. The molecule has 5 N–H and O–H groups in total. The highest BCUT2D eigenvalue weighted by atomic mass is 16.5. The topological polar surface area (TPSA) is 228 Å². The molecule has 0 saturated heterocycles. The summed E-state index contributed by atoms with van der Waals surface area (Å²) in [6.45, 7) is 4.37. The maximum absolute atomic E-state index is 12.3. The summed E-state index contributed by atoms with van der Waals surface area (Å²) in [7, 11) is 0. The molecule has 1 atom stereocenters. The van der Waals surface area contributed by atoms with Crippen molar-refractivity contribution in [2.75, 3.05) is 98.7 Å². The number of hydrogen-bond donors (Lipinski definition) is 5. The van der Waals surface area contributed by atoms with E-state index in [0.717, 1.165) is 38.4 Å². The molecule has 0 fully saturated rings. The molecule has 0 aliphatic carbocycles. The van der Waals surface area contributed by atoms with Crippen molar-refractivity contribution < 1.29 is 57.6 Å². The maximum Gasteiger partial charge on any atom is 0.246 e. The van der Waals surface area contributed by atoms with Crippen LogP contribution in [0, 0.1) is 0 Å². The van der Waals surface area contributed by atoms with Crippen LogP contribution in [-0.2, 0) is 52.5 Å². The number of Topliss-reactive ketones (excluding diaryl/α,β-unsaturated/α-hetero) is 1. The van der Waals surface area contributed by atoms with E-state index in [1.54, 1.807) is 4.90 Å². The third-order valence-electron chi connectivity index (χ3n) is 9.13. The Hall–Kier alpha value is -3.35. The summed E-state index contributed by atoms with van der Waals surface area (Å²) >= 11 is 0. The van der Waals surface area contributed by atoms with Crippen molar-refractivity contribution in [3.8, 4) is 0 Å². The second kappa shape index (κ2) is 42.8. The Morgan fingerprint density at radius 1 is 0.559 bits per heavy atom. The highest BCUT2D eigenvalue weighted by molar-refractivity contribution is 5.81. The average molecular weight is 844 g/mol. The zero-order valence-corrected chi connectivity index (χ0v) is 36.0.